The predicted molar refractivity (Wildman–Crippen MR) is 44.9 cm³/mol. The minimum Gasteiger partial charge on any atom is -0.450 e. The highest BCUT2D eigenvalue weighted by atomic mass is 16.5. The van der Waals surface area contributed by atoms with Gasteiger partial charge in [0, 0.05) is 13.0 Å². The predicted octanol–water partition coefficient (Wildman–Crippen LogP) is 1.10. The normalized spacial score (nSPS) is 9.08. The van der Waals surface area contributed by atoms with Gasteiger partial charge in [-0.3, -0.25) is 0 Å². The first-order valence-corrected chi connectivity index (χ1v) is 4.15. The van der Waals surface area contributed by atoms with Crippen molar-refractivity contribution >= 4 is 12.4 Å². The Morgan fingerprint density at radius 3 is 2.92 bits per heavy atom. The first-order valence-electron chi connectivity index (χ1n) is 4.15. The molecule has 0 aromatic carbocycles. The van der Waals surface area contributed by atoms with Crippen molar-refractivity contribution in [1.82, 2.24) is 5.32 Å². The van der Waals surface area contributed by atoms with Crippen molar-refractivity contribution in [1.29, 1.82) is 0 Å². The third kappa shape index (κ3) is 7.05. The van der Waals surface area contributed by atoms with Crippen molar-refractivity contribution in [2.24, 2.45) is 0 Å². The first kappa shape index (κ1) is 10.9. The maximum Gasteiger partial charge on any atom is 0.407 e. The molecule has 0 aromatic heterocycles. The van der Waals surface area contributed by atoms with Gasteiger partial charge in [0.05, 0.1) is 6.61 Å². The number of amides is 1. The number of hydrogen-bond donors (Lipinski definition) is 1. The van der Waals surface area contributed by atoms with E-state index in [-0.39, 0.29) is 0 Å². The van der Waals surface area contributed by atoms with Gasteiger partial charge in [-0.1, -0.05) is 13.3 Å². The van der Waals surface area contributed by atoms with Gasteiger partial charge < -0.3 is 14.8 Å². The number of carbonyl (C=O) groups excluding carboxylic acids is 2. The van der Waals surface area contributed by atoms with Crippen LogP contribution in [-0.2, 0) is 9.53 Å². The lowest BCUT2D eigenvalue weighted by Gasteiger charge is -2.03. The lowest BCUT2D eigenvalue weighted by Crippen LogP contribution is -2.25. The van der Waals surface area contributed by atoms with Gasteiger partial charge in [-0.05, 0) is 6.42 Å². The number of aldehydes is 1. The highest BCUT2D eigenvalue weighted by Gasteiger charge is 1.98. The molecule has 12 heavy (non-hydrogen) atoms. The molecule has 0 aromatic rings. The molecule has 0 heterocycles. The Bertz CT molecular complexity index is 136. The standard InChI is InChI=1S/C8H15NO3/c1-2-3-7-12-8(11)9-5-4-6-10/h6H,2-5,7H2,1H3,(H,9,11). The molecule has 0 atom stereocenters. The zero-order valence-corrected chi connectivity index (χ0v) is 7.34. The van der Waals surface area contributed by atoms with Crippen molar-refractivity contribution in [3.05, 3.63) is 0 Å². The summed E-state index contributed by atoms with van der Waals surface area (Å²) >= 11 is 0. The van der Waals surface area contributed by atoms with Crippen LogP contribution in [0, 0.1) is 0 Å². The number of ether oxygens (including phenoxy) is 1. The minimum absolute atomic E-state index is 0.336. The van der Waals surface area contributed by atoms with E-state index in [9.17, 15) is 9.59 Å². The molecule has 0 fully saturated rings. The van der Waals surface area contributed by atoms with Crippen LogP contribution in [0.4, 0.5) is 4.79 Å². The van der Waals surface area contributed by atoms with E-state index in [2.05, 4.69) is 5.32 Å². The molecule has 0 aliphatic rings. The highest BCUT2D eigenvalue weighted by molar-refractivity contribution is 5.67. The van der Waals surface area contributed by atoms with Gasteiger partial charge in [0.1, 0.15) is 6.29 Å². The first-order chi connectivity index (χ1) is 5.81. The summed E-state index contributed by atoms with van der Waals surface area (Å²) in [6.07, 6.45) is 2.53. The second-order valence-electron chi connectivity index (χ2n) is 2.37. The fourth-order valence-electron chi connectivity index (χ4n) is 0.593. The Morgan fingerprint density at radius 2 is 2.33 bits per heavy atom. The van der Waals surface area contributed by atoms with Crippen LogP contribution in [0.2, 0.25) is 0 Å². The van der Waals surface area contributed by atoms with E-state index in [1.807, 2.05) is 6.92 Å². The Hall–Kier alpha value is -1.06. The summed E-state index contributed by atoms with van der Waals surface area (Å²) < 4.78 is 4.76. The van der Waals surface area contributed by atoms with E-state index in [1.165, 1.54) is 0 Å². The number of rotatable bonds is 6. The Morgan fingerprint density at radius 1 is 1.58 bits per heavy atom. The van der Waals surface area contributed by atoms with Gasteiger partial charge in [0.25, 0.3) is 0 Å². The third-order valence-corrected chi connectivity index (χ3v) is 1.26. The SMILES string of the molecule is CCCCOC(=O)NCCC=O. The molecule has 0 unspecified atom stereocenters. The number of carbonyl (C=O) groups is 2. The van der Waals surface area contributed by atoms with Crippen molar-refractivity contribution < 1.29 is 14.3 Å². The summed E-state index contributed by atoms with van der Waals surface area (Å²) in [4.78, 5) is 20.6. The maximum absolute atomic E-state index is 10.7. The van der Waals surface area contributed by atoms with E-state index in [1.54, 1.807) is 0 Å². The van der Waals surface area contributed by atoms with Crippen molar-refractivity contribution in [2.75, 3.05) is 13.2 Å². The number of hydrogen-bond acceptors (Lipinski definition) is 3. The molecule has 1 amide bonds. The van der Waals surface area contributed by atoms with Crippen LogP contribution in [0.15, 0.2) is 0 Å². The third-order valence-electron chi connectivity index (χ3n) is 1.26. The lowest BCUT2D eigenvalue weighted by molar-refractivity contribution is -0.107. The molecule has 0 bridgehead atoms. The van der Waals surface area contributed by atoms with E-state index < -0.39 is 6.09 Å². The molecule has 0 aliphatic heterocycles. The molecular formula is C8H15NO3. The van der Waals surface area contributed by atoms with E-state index in [4.69, 9.17) is 4.74 Å². The smallest absolute Gasteiger partial charge is 0.407 e. The molecule has 0 spiro atoms. The molecule has 0 rings (SSSR count). The lowest BCUT2D eigenvalue weighted by atomic mass is 10.4. The van der Waals surface area contributed by atoms with E-state index in [0.717, 1.165) is 19.1 Å². The van der Waals surface area contributed by atoms with Gasteiger partial charge >= 0.3 is 6.09 Å². The van der Waals surface area contributed by atoms with Crippen molar-refractivity contribution in [3.63, 3.8) is 0 Å². The number of nitrogens with one attached hydrogen (secondary N) is 1. The monoisotopic (exact) mass is 173 g/mol. The second kappa shape index (κ2) is 8.04. The van der Waals surface area contributed by atoms with Gasteiger partial charge in [0.15, 0.2) is 0 Å². The molecule has 1 N–H and O–H groups in total. The number of alkyl carbamates (subject to hydrolysis) is 1. The van der Waals surface area contributed by atoms with Crippen LogP contribution in [0.5, 0.6) is 0 Å². The Kier molecular flexibility index (Phi) is 7.33. The highest BCUT2D eigenvalue weighted by Crippen LogP contribution is 1.87. The second-order valence-corrected chi connectivity index (χ2v) is 2.37. The van der Waals surface area contributed by atoms with Crippen molar-refractivity contribution in [2.45, 2.75) is 26.2 Å². The van der Waals surface area contributed by atoms with E-state index >= 15 is 0 Å². The fourth-order valence-corrected chi connectivity index (χ4v) is 0.593. The molecule has 4 heteroatoms. The Balaban J connectivity index is 3.15. The summed E-state index contributed by atoms with van der Waals surface area (Å²) in [5, 5.41) is 2.45. The summed E-state index contributed by atoms with van der Waals surface area (Å²) in [5.74, 6) is 0. The molecule has 0 saturated heterocycles. The quantitative estimate of drug-likeness (QED) is 0.483. The molecule has 0 saturated carbocycles. The van der Waals surface area contributed by atoms with Crippen molar-refractivity contribution in [3.8, 4) is 0 Å². The maximum atomic E-state index is 10.7. The van der Waals surface area contributed by atoms with E-state index in [0.29, 0.717) is 19.6 Å². The van der Waals surface area contributed by atoms with Gasteiger partial charge in [0.2, 0.25) is 0 Å². The zero-order chi connectivity index (χ0) is 9.23. The summed E-state index contributed by atoms with van der Waals surface area (Å²) in [5.41, 5.74) is 0. The average Bonchev–Trinajstić information content (AvgIpc) is 2.06. The summed E-state index contributed by atoms with van der Waals surface area (Å²) in [6.45, 7) is 2.82. The van der Waals surface area contributed by atoms with Crippen LogP contribution in [0.25, 0.3) is 0 Å². The van der Waals surface area contributed by atoms with Crippen LogP contribution in [0.3, 0.4) is 0 Å². The van der Waals surface area contributed by atoms with Gasteiger partial charge in [-0.2, -0.15) is 0 Å². The largest absolute Gasteiger partial charge is 0.450 e. The molecule has 0 aliphatic carbocycles. The number of unbranched alkanes of at least 4 members (excludes halogenated alkanes) is 1. The summed E-state index contributed by atoms with van der Waals surface area (Å²) in [6, 6.07) is 0. The average molecular weight is 173 g/mol. The van der Waals surface area contributed by atoms with Crippen LogP contribution in [-0.4, -0.2) is 25.5 Å². The van der Waals surface area contributed by atoms with Crippen LogP contribution in [0.1, 0.15) is 26.2 Å². The summed E-state index contributed by atoms with van der Waals surface area (Å²) in [7, 11) is 0. The van der Waals surface area contributed by atoms with Gasteiger partial charge in [-0.15, -0.1) is 0 Å². The molecule has 70 valence electrons. The Labute approximate surface area is 72.3 Å². The van der Waals surface area contributed by atoms with Crippen LogP contribution >= 0.6 is 0 Å². The minimum atomic E-state index is -0.440. The topological polar surface area (TPSA) is 55.4 Å². The van der Waals surface area contributed by atoms with Gasteiger partial charge in [-0.25, -0.2) is 4.79 Å². The molecular weight excluding hydrogens is 158 g/mol. The fraction of sp³-hybridized carbons (Fsp3) is 0.750. The molecule has 0 radical (unpaired) electrons. The zero-order valence-electron chi connectivity index (χ0n) is 7.34. The molecule has 4 nitrogen and oxygen atoms in total. The van der Waals surface area contributed by atoms with Crippen LogP contribution < -0.4 is 5.32 Å².